The summed E-state index contributed by atoms with van der Waals surface area (Å²) in [4.78, 5) is 0. The van der Waals surface area contributed by atoms with E-state index in [2.05, 4.69) is 5.32 Å². The molecule has 2 rings (SSSR count). The van der Waals surface area contributed by atoms with Crippen LogP contribution in [-0.4, -0.2) is 26.0 Å². The Labute approximate surface area is 122 Å². The molecule has 1 atom stereocenters. The molecule has 118 valence electrons. The van der Waals surface area contributed by atoms with Crippen LogP contribution >= 0.6 is 0 Å². The normalized spacial score (nSPS) is 18.1. The molecule has 0 spiro atoms. The molecule has 0 amide bonds. The van der Waals surface area contributed by atoms with E-state index in [0.717, 1.165) is 30.7 Å². The highest BCUT2D eigenvalue weighted by Crippen LogP contribution is 2.31. The molecule has 0 bridgehead atoms. The maximum Gasteiger partial charge on any atom is 0.416 e. The van der Waals surface area contributed by atoms with E-state index in [9.17, 15) is 13.2 Å². The van der Waals surface area contributed by atoms with Crippen LogP contribution in [0.1, 0.15) is 36.9 Å². The smallest absolute Gasteiger partial charge is 0.350 e. The standard InChI is InChI=1S/C15H20F3NO2/c1-2-7-19-13(10-14-20-8-9-21-14)11-3-5-12(6-4-11)15(16,17)18/h3-6,13-14,19H,2,7-10H2,1H3. The average Bonchev–Trinajstić information content (AvgIpc) is 2.95. The maximum atomic E-state index is 12.6. The lowest BCUT2D eigenvalue weighted by molar-refractivity contribution is -0.137. The minimum Gasteiger partial charge on any atom is -0.350 e. The lowest BCUT2D eigenvalue weighted by atomic mass is 10.0. The van der Waals surface area contributed by atoms with Gasteiger partial charge in [-0.15, -0.1) is 0 Å². The van der Waals surface area contributed by atoms with E-state index >= 15 is 0 Å². The van der Waals surface area contributed by atoms with Crippen molar-refractivity contribution < 1.29 is 22.6 Å². The Hall–Kier alpha value is -1.11. The van der Waals surface area contributed by atoms with Gasteiger partial charge in [-0.3, -0.25) is 0 Å². The molecule has 1 N–H and O–H groups in total. The van der Waals surface area contributed by atoms with Crippen molar-refractivity contribution in [1.82, 2.24) is 5.32 Å². The molecule has 6 heteroatoms. The largest absolute Gasteiger partial charge is 0.416 e. The van der Waals surface area contributed by atoms with Crippen molar-refractivity contribution in [3.63, 3.8) is 0 Å². The second kappa shape index (κ2) is 7.24. The van der Waals surface area contributed by atoms with Gasteiger partial charge in [0.25, 0.3) is 0 Å². The molecule has 0 aromatic heterocycles. The predicted octanol–water partition coefficient (Wildman–Crippen LogP) is 3.51. The van der Waals surface area contributed by atoms with Crippen molar-refractivity contribution in [2.45, 2.75) is 38.3 Å². The van der Waals surface area contributed by atoms with Crippen LogP contribution in [0.15, 0.2) is 24.3 Å². The summed E-state index contributed by atoms with van der Waals surface area (Å²) in [6.07, 6.45) is -3.06. The van der Waals surface area contributed by atoms with E-state index in [4.69, 9.17) is 9.47 Å². The molecule has 1 aromatic rings. The lowest BCUT2D eigenvalue weighted by Crippen LogP contribution is -2.26. The second-order valence-corrected chi connectivity index (χ2v) is 5.03. The Morgan fingerprint density at radius 1 is 1.19 bits per heavy atom. The molecule has 0 radical (unpaired) electrons. The molecular weight excluding hydrogens is 283 g/mol. The molecule has 1 aliphatic heterocycles. The number of nitrogens with one attached hydrogen (secondary N) is 1. The molecule has 1 unspecified atom stereocenters. The van der Waals surface area contributed by atoms with Crippen molar-refractivity contribution in [2.24, 2.45) is 0 Å². The van der Waals surface area contributed by atoms with Crippen LogP contribution in [0.4, 0.5) is 13.2 Å². The van der Waals surface area contributed by atoms with Crippen molar-refractivity contribution in [3.8, 4) is 0 Å². The van der Waals surface area contributed by atoms with E-state index in [0.29, 0.717) is 19.6 Å². The van der Waals surface area contributed by atoms with Gasteiger partial charge in [-0.1, -0.05) is 19.1 Å². The maximum absolute atomic E-state index is 12.6. The summed E-state index contributed by atoms with van der Waals surface area (Å²) < 4.78 is 48.6. The van der Waals surface area contributed by atoms with Crippen molar-refractivity contribution >= 4 is 0 Å². The summed E-state index contributed by atoms with van der Waals surface area (Å²) in [6, 6.07) is 5.20. The lowest BCUT2D eigenvalue weighted by Gasteiger charge is -2.22. The SMILES string of the molecule is CCCNC(CC1OCCO1)c1ccc(C(F)(F)F)cc1. The zero-order chi connectivity index (χ0) is 15.3. The highest BCUT2D eigenvalue weighted by Gasteiger charge is 2.30. The summed E-state index contributed by atoms with van der Waals surface area (Å²) in [6.45, 7) is 3.97. The fourth-order valence-electron chi connectivity index (χ4n) is 2.30. The zero-order valence-electron chi connectivity index (χ0n) is 12.0. The molecule has 0 aliphatic carbocycles. The second-order valence-electron chi connectivity index (χ2n) is 5.03. The summed E-state index contributed by atoms with van der Waals surface area (Å²) in [5.41, 5.74) is 0.185. The third kappa shape index (κ3) is 4.69. The van der Waals surface area contributed by atoms with Gasteiger partial charge in [-0.05, 0) is 30.7 Å². The van der Waals surface area contributed by atoms with Crippen LogP contribution < -0.4 is 5.32 Å². The predicted molar refractivity (Wildman–Crippen MR) is 72.8 cm³/mol. The first kappa shape index (κ1) is 16.3. The van der Waals surface area contributed by atoms with Crippen molar-refractivity contribution in [2.75, 3.05) is 19.8 Å². The number of rotatable bonds is 6. The fraction of sp³-hybridized carbons (Fsp3) is 0.600. The summed E-state index contributed by atoms with van der Waals surface area (Å²) in [5, 5.41) is 3.33. The van der Waals surface area contributed by atoms with E-state index in [1.165, 1.54) is 12.1 Å². The molecular formula is C15H20F3NO2. The quantitative estimate of drug-likeness (QED) is 0.872. The molecule has 1 aromatic carbocycles. The van der Waals surface area contributed by atoms with Gasteiger partial charge in [0.2, 0.25) is 0 Å². The first-order valence-electron chi connectivity index (χ1n) is 7.14. The van der Waals surface area contributed by atoms with Crippen molar-refractivity contribution in [3.05, 3.63) is 35.4 Å². The molecule has 0 saturated carbocycles. The number of alkyl halides is 3. The number of benzene rings is 1. The molecule has 21 heavy (non-hydrogen) atoms. The minimum atomic E-state index is -4.30. The first-order chi connectivity index (χ1) is 10.0. The Balaban J connectivity index is 2.07. The number of hydrogen-bond donors (Lipinski definition) is 1. The molecule has 1 heterocycles. The fourth-order valence-corrected chi connectivity index (χ4v) is 2.30. The van der Waals surface area contributed by atoms with Gasteiger partial charge in [0.15, 0.2) is 6.29 Å². The Morgan fingerprint density at radius 2 is 1.81 bits per heavy atom. The minimum absolute atomic E-state index is 0.0738. The molecule has 1 fully saturated rings. The van der Waals surface area contributed by atoms with E-state index in [1.54, 1.807) is 0 Å². The Bertz CT molecular complexity index is 428. The van der Waals surface area contributed by atoms with E-state index in [1.807, 2.05) is 6.92 Å². The highest BCUT2D eigenvalue weighted by atomic mass is 19.4. The highest BCUT2D eigenvalue weighted by molar-refractivity contribution is 5.26. The number of hydrogen-bond acceptors (Lipinski definition) is 3. The van der Waals surface area contributed by atoms with Gasteiger partial charge in [-0.2, -0.15) is 13.2 Å². The van der Waals surface area contributed by atoms with Gasteiger partial charge >= 0.3 is 6.18 Å². The monoisotopic (exact) mass is 303 g/mol. The van der Waals surface area contributed by atoms with Crippen LogP contribution in [0.3, 0.4) is 0 Å². The van der Waals surface area contributed by atoms with Crippen molar-refractivity contribution in [1.29, 1.82) is 0 Å². The van der Waals surface area contributed by atoms with Gasteiger partial charge < -0.3 is 14.8 Å². The van der Waals surface area contributed by atoms with E-state index < -0.39 is 11.7 Å². The van der Waals surface area contributed by atoms with Crippen LogP contribution in [0.5, 0.6) is 0 Å². The number of ether oxygens (including phenoxy) is 2. The van der Waals surface area contributed by atoms with Gasteiger partial charge in [0.1, 0.15) is 0 Å². The summed E-state index contributed by atoms with van der Waals surface area (Å²) >= 11 is 0. The third-order valence-electron chi connectivity index (χ3n) is 3.40. The Morgan fingerprint density at radius 3 is 2.33 bits per heavy atom. The van der Waals surface area contributed by atoms with Crippen LogP contribution in [-0.2, 0) is 15.7 Å². The summed E-state index contributed by atoms with van der Waals surface area (Å²) in [5.74, 6) is 0. The van der Waals surface area contributed by atoms with Crippen LogP contribution in [0.25, 0.3) is 0 Å². The van der Waals surface area contributed by atoms with Gasteiger partial charge in [-0.25, -0.2) is 0 Å². The zero-order valence-corrected chi connectivity index (χ0v) is 12.0. The first-order valence-corrected chi connectivity index (χ1v) is 7.14. The topological polar surface area (TPSA) is 30.5 Å². The Kier molecular flexibility index (Phi) is 5.61. The van der Waals surface area contributed by atoms with Crippen LogP contribution in [0.2, 0.25) is 0 Å². The van der Waals surface area contributed by atoms with Gasteiger partial charge in [0, 0.05) is 12.5 Å². The molecule has 1 aliphatic rings. The van der Waals surface area contributed by atoms with Gasteiger partial charge in [0.05, 0.1) is 18.8 Å². The van der Waals surface area contributed by atoms with E-state index in [-0.39, 0.29) is 12.3 Å². The van der Waals surface area contributed by atoms with Crippen LogP contribution in [0, 0.1) is 0 Å². The average molecular weight is 303 g/mol. The number of halogens is 3. The molecule has 1 saturated heterocycles. The molecule has 3 nitrogen and oxygen atoms in total. The summed E-state index contributed by atoms with van der Waals surface area (Å²) in [7, 11) is 0. The third-order valence-corrected chi connectivity index (χ3v) is 3.40.